The lowest BCUT2D eigenvalue weighted by Gasteiger charge is -2.06. The minimum absolute atomic E-state index is 0.244. The van der Waals surface area contributed by atoms with E-state index < -0.39 is 5.97 Å². The van der Waals surface area contributed by atoms with Crippen molar-refractivity contribution in [2.75, 3.05) is 0 Å². The number of carboxylic acids is 1. The molecule has 0 saturated carbocycles. The molecule has 1 aromatic carbocycles. The number of phenols is 1. The summed E-state index contributed by atoms with van der Waals surface area (Å²) < 4.78 is 0. The first-order valence-electron chi connectivity index (χ1n) is 5.45. The molecule has 4 nitrogen and oxygen atoms in total. The summed E-state index contributed by atoms with van der Waals surface area (Å²) in [6, 6.07) is 8.87. The maximum Gasteiger partial charge on any atom is 0.346 e. The largest absolute Gasteiger partial charge is 0.508 e. The molecular weight excluding hydrogens is 250 g/mol. The molecule has 0 bridgehead atoms. The molecule has 0 saturated heterocycles. The Bertz CT molecular complexity index is 551. The Balaban J connectivity index is 1.95. The second-order valence-corrected chi connectivity index (χ2v) is 4.73. The maximum absolute atomic E-state index is 10.9. The second kappa shape index (κ2) is 5.66. The summed E-state index contributed by atoms with van der Waals surface area (Å²) in [5.41, 5.74) is 1.56. The summed E-state index contributed by atoms with van der Waals surface area (Å²) in [6.07, 6.45) is 0. The topological polar surface area (TPSA) is 69.6 Å². The Hall–Kier alpha value is -1.85. The zero-order chi connectivity index (χ0) is 13.0. The maximum atomic E-state index is 10.9. The van der Waals surface area contributed by atoms with Gasteiger partial charge in [0.15, 0.2) is 0 Å². The second-order valence-electron chi connectivity index (χ2n) is 3.81. The minimum atomic E-state index is -0.899. The van der Waals surface area contributed by atoms with E-state index in [-0.39, 0.29) is 5.75 Å². The Morgan fingerprint density at radius 1 is 1.17 bits per heavy atom. The molecule has 94 valence electrons. The molecule has 2 aromatic rings. The van der Waals surface area contributed by atoms with E-state index in [9.17, 15) is 9.90 Å². The molecule has 5 heteroatoms. The molecule has 18 heavy (non-hydrogen) atoms. The summed E-state index contributed by atoms with van der Waals surface area (Å²) in [6.45, 7) is 0.973. The van der Waals surface area contributed by atoms with E-state index >= 15 is 0 Å². The van der Waals surface area contributed by atoms with Crippen LogP contribution >= 0.6 is 11.3 Å². The van der Waals surface area contributed by atoms with Crippen molar-refractivity contribution >= 4 is 17.3 Å². The predicted octanol–water partition coefficient (Wildman–Crippen LogP) is 2.44. The highest BCUT2D eigenvalue weighted by atomic mass is 32.1. The highest BCUT2D eigenvalue weighted by molar-refractivity contribution is 7.12. The number of aromatic hydroxyl groups is 1. The van der Waals surface area contributed by atoms with Gasteiger partial charge < -0.3 is 15.5 Å². The standard InChI is InChI=1S/C13H13NO3S/c15-11-4-2-1-3-9(11)7-14-8-10-5-6-18-12(10)13(16)17/h1-6,14-15H,7-8H2,(H,16,17). The van der Waals surface area contributed by atoms with Crippen molar-refractivity contribution in [2.45, 2.75) is 13.1 Å². The van der Waals surface area contributed by atoms with Crippen LogP contribution in [0.1, 0.15) is 20.8 Å². The van der Waals surface area contributed by atoms with E-state index in [0.717, 1.165) is 11.1 Å². The third-order valence-electron chi connectivity index (χ3n) is 2.56. The average Bonchev–Trinajstić information content (AvgIpc) is 2.80. The van der Waals surface area contributed by atoms with E-state index in [4.69, 9.17) is 5.11 Å². The minimum Gasteiger partial charge on any atom is -0.508 e. The van der Waals surface area contributed by atoms with Gasteiger partial charge in [-0.05, 0) is 23.1 Å². The van der Waals surface area contributed by atoms with Gasteiger partial charge in [-0.1, -0.05) is 18.2 Å². The van der Waals surface area contributed by atoms with E-state index in [1.165, 1.54) is 11.3 Å². The molecule has 1 aromatic heterocycles. The fraction of sp³-hybridized carbons (Fsp3) is 0.154. The van der Waals surface area contributed by atoms with E-state index in [0.29, 0.717) is 18.0 Å². The molecule has 0 unspecified atom stereocenters. The molecule has 0 atom stereocenters. The molecule has 0 aliphatic carbocycles. The third kappa shape index (κ3) is 2.88. The first kappa shape index (κ1) is 12.6. The van der Waals surface area contributed by atoms with E-state index in [1.54, 1.807) is 23.6 Å². The normalized spacial score (nSPS) is 10.4. The van der Waals surface area contributed by atoms with Gasteiger partial charge in [-0.15, -0.1) is 11.3 Å². The summed E-state index contributed by atoms with van der Waals surface area (Å²) in [5, 5.41) is 23.4. The van der Waals surface area contributed by atoms with Crippen molar-refractivity contribution in [1.82, 2.24) is 5.32 Å². The number of carbonyl (C=O) groups is 1. The number of hydrogen-bond donors (Lipinski definition) is 3. The molecule has 0 aliphatic heterocycles. The molecular formula is C13H13NO3S. The molecule has 0 fully saturated rings. The number of phenolic OH excluding ortho intramolecular Hbond substituents is 1. The van der Waals surface area contributed by atoms with Gasteiger partial charge in [-0.2, -0.15) is 0 Å². The van der Waals surface area contributed by atoms with Crippen LogP contribution in [0.25, 0.3) is 0 Å². The van der Waals surface area contributed by atoms with Crippen LogP contribution in [-0.2, 0) is 13.1 Å². The zero-order valence-electron chi connectivity index (χ0n) is 9.59. The van der Waals surface area contributed by atoms with Gasteiger partial charge in [0.1, 0.15) is 10.6 Å². The van der Waals surface area contributed by atoms with Crippen LogP contribution in [0.4, 0.5) is 0 Å². The van der Waals surface area contributed by atoms with Crippen molar-refractivity contribution in [3.05, 3.63) is 51.7 Å². The van der Waals surface area contributed by atoms with Crippen molar-refractivity contribution in [2.24, 2.45) is 0 Å². The summed E-state index contributed by atoms with van der Waals surface area (Å²) >= 11 is 1.22. The third-order valence-corrected chi connectivity index (χ3v) is 3.51. The van der Waals surface area contributed by atoms with Crippen LogP contribution in [0.5, 0.6) is 5.75 Å². The summed E-state index contributed by atoms with van der Waals surface area (Å²) in [5.74, 6) is -0.655. The Labute approximate surface area is 109 Å². The van der Waals surface area contributed by atoms with E-state index in [1.807, 2.05) is 12.1 Å². The Morgan fingerprint density at radius 2 is 1.89 bits per heavy atom. The molecule has 3 N–H and O–H groups in total. The van der Waals surface area contributed by atoms with Gasteiger partial charge in [0.05, 0.1) is 0 Å². The van der Waals surface area contributed by atoms with E-state index in [2.05, 4.69) is 5.32 Å². The number of aromatic carboxylic acids is 1. The van der Waals surface area contributed by atoms with Crippen LogP contribution in [-0.4, -0.2) is 16.2 Å². The van der Waals surface area contributed by atoms with Gasteiger partial charge in [0.2, 0.25) is 0 Å². The van der Waals surface area contributed by atoms with Crippen LogP contribution in [0, 0.1) is 0 Å². The van der Waals surface area contributed by atoms with Gasteiger partial charge in [0.25, 0.3) is 0 Å². The molecule has 2 rings (SSSR count). The highest BCUT2D eigenvalue weighted by Crippen LogP contribution is 2.18. The molecule has 0 aliphatic rings. The van der Waals surface area contributed by atoms with Crippen LogP contribution < -0.4 is 5.32 Å². The van der Waals surface area contributed by atoms with Crippen LogP contribution in [0.15, 0.2) is 35.7 Å². The number of benzene rings is 1. The number of hydrogen-bond acceptors (Lipinski definition) is 4. The van der Waals surface area contributed by atoms with Gasteiger partial charge >= 0.3 is 5.97 Å². The highest BCUT2D eigenvalue weighted by Gasteiger charge is 2.10. The van der Waals surface area contributed by atoms with Gasteiger partial charge in [0, 0.05) is 18.7 Å². The molecule has 0 radical (unpaired) electrons. The van der Waals surface area contributed by atoms with Gasteiger partial charge in [-0.25, -0.2) is 4.79 Å². The lowest BCUT2D eigenvalue weighted by atomic mass is 10.2. The molecule has 0 amide bonds. The van der Waals surface area contributed by atoms with Gasteiger partial charge in [-0.3, -0.25) is 0 Å². The number of rotatable bonds is 5. The summed E-state index contributed by atoms with van der Waals surface area (Å²) in [4.78, 5) is 11.3. The first-order valence-corrected chi connectivity index (χ1v) is 6.33. The average molecular weight is 263 g/mol. The summed E-state index contributed by atoms with van der Waals surface area (Å²) in [7, 11) is 0. The smallest absolute Gasteiger partial charge is 0.346 e. The van der Waals surface area contributed by atoms with Crippen molar-refractivity contribution in [1.29, 1.82) is 0 Å². The van der Waals surface area contributed by atoms with Crippen LogP contribution in [0.3, 0.4) is 0 Å². The monoisotopic (exact) mass is 263 g/mol. The van der Waals surface area contributed by atoms with Crippen molar-refractivity contribution < 1.29 is 15.0 Å². The first-order chi connectivity index (χ1) is 8.68. The SMILES string of the molecule is O=C(O)c1sccc1CNCc1ccccc1O. The van der Waals surface area contributed by atoms with Crippen molar-refractivity contribution in [3.8, 4) is 5.75 Å². The Morgan fingerprint density at radius 3 is 2.61 bits per heavy atom. The van der Waals surface area contributed by atoms with Crippen LogP contribution in [0.2, 0.25) is 0 Å². The number of thiophene rings is 1. The fourth-order valence-electron chi connectivity index (χ4n) is 1.65. The number of nitrogens with one attached hydrogen (secondary N) is 1. The number of para-hydroxylation sites is 1. The molecule has 1 heterocycles. The fourth-order valence-corrected chi connectivity index (χ4v) is 2.42. The predicted molar refractivity (Wildman–Crippen MR) is 69.9 cm³/mol. The Kier molecular flexibility index (Phi) is 3.96. The zero-order valence-corrected chi connectivity index (χ0v) is 10.4. The lowest BCUT2D eigenvalue weighted by Crippen LogP contribution is -2.14. The lowest BCUT2D eigenvalue weighted by molar-refractivity contribution is 0.0701. The number of carboxylic acid groups (broad SMARTS) is 1. The van der Waals surface area contributed by atoms with Crippen molar-refractivity contribution in [3.63, 3.8) is 0 Å². The molecule has 0 spiro atoms. The quantitative estimate of drug-likeness (QED) is 0.775.